The fourth-order valence-electron chi connectivity index (χ4n) is 4.84. The Morgan fingerprint density at radius 3 is 2.44 bits per heavy atom. The Morgan fingerprint density at radius 2 is 1.71 bits per heavy atom. The molecule has 3 heterocycles. The molecule has 2 aromatic heterocycles. The van der Waals surface area contributed by atoms with E-state index in [0.717, 1.165) is 38.9 Å². The molecule has 1 fully saturated rings. The van der Waals surface area contributed by atoms with Gasteiger partial charge >= 0.3 is 0 Å². The van der Waals surface area contributed by atoms with Crippen LogP contribution in [0.5, 0.6) is 0 Å². The first-order valence-electron chi connectivity index (χ1n) is 11.7. The molecule has 0 unspecified atom stereocenters. The van der Waals surface area contributed by atoms with E-state index < -0.39 is 0 Å². The molecule has 5 nitrogen and oxygen atoms in total. The first-order valence-corrected chi connectivity index (χ1v) is 11.7. The third kappa shape index (κ3) is 4.21. The quantitative estimate of drug-likeness (QED) is 0.378. The summed E-state index contributed by atoms with van der Waals surface area (Å²) in [5.41, 5.74) is 6.02. The predicted molar refractivity (Wildman–Crippen MR) is 134 cm³/mol. The molecule has 0 bridgehead atoms. The van der Waals surface area contributed by atoms with Crippen molar-refractivity contribution in [2.24, 2.45) is 5.92 Å². The zero-order valence-electron chi connectivity index (χ0n) is 19.5. The van der Waals surface area contributed by atoms with Gasteiger partial charge in [0.25, 0.3) is 5.91 Å². The van der Waals surface area contributed by atoms with E-state index in [-0.39, 0.29) is 17.6 Å². The van der Waals surface area contributed by atoms with Gasteiger partial charge in [0.1, 0.15) is 0 Å². The van der Waals surface area contributed by atoms with Crippen LogP contribution < -0.4 is 0 Å². The van der Waals surface area contributed by atoms with Crippen LogP contribution >= 0.6 is 0 Å². The number of rotatable bonds is 4. The summed E-state index contributed by atoms with van der Waals surface area (Å²) in [5.74, 6) is 0.129. The maximum Gasteiger partial charge on any atom is 0.254 e. The summed E-state index contributed by atoms with van der Waals surface area (Å²) >= 11 is 0. The molecule has 0 saturated carbocycles. The third-order valence-corrected chi connectivity index (χ3v) is 6.70. The zero-order valence-corrected chi connectivity index (χ0v) is 19.5. The molecule has 5 heteroatoms. The number of nitrogens with zero attached hydrogens (tertiary/aromatic N) is 3. The number of hydrogen-bond acceptors (Lipinski definition) is 4. The topological polar surface area (TPSA) is 63.2 Å². The van der Waals surface area contributed by atoms with E-state index in [1.807, 2.05) is 73.3 Å². The average Bonchev–Trinajstić information content (AvgIpc) is 2.88. The molecule has 0 radical (unpaired) electrons. The Hall–Kier alpha value is -3.86. The summed E-state index contributed by atoms with van der Waals surface area (Å²) in [5, 5.41) is 0.841. The molecular formula is C29H27N3O2. The van der Waals surface area contributed by atoms with Crippen LogP contribution in [0.15, 0.2) is 73.1 Å². The van der Waals surface area contributed by atoms with Crippen LogP contribution in [0.3, 0.4) is 0 Å². The summed E-state index contributed by atoms with van der Waals surface area (Å²) in [7, 11) is 0. The summed E-state index contributed by atoms with van der Waals surface area (Å²) in [6.07, 6.45) is 4.84. The number of amides is 1. The number of carbonyl (C=O) groups is 2. The summed E-state index contributed by atoms with van der Waals surface area (Å²) in [4.78, 5) is 37.6. The first kappa shape index (κ1) is 22.0. The van der Waals surface area contributed by atoms with Crippen molar-refractivity contribution >= 4 is 22.6 Å². The number of piperidine rings is 1. The molecule has 0 aliphatic carbocycles. The number of carbonyl (C=O) groups excluding carboxylic acids is 2. The Bertz CT molecular complexity index is 1370. The first-order chi connectivity index (χ1) is 16.5. The van der Waals surface area contributed by atoms with Gasteiger partial charge < -0.3 is 4.90 Å². The number of para-hydroxylation sites is 1. The summed E-state index contributed by atoms with van der Waals surface area (Å²) < 4.78 is 0. The van der Waals surface area contributed by atoms with Gasteiger partial charge in [0, 0.05) is 47.9 Å². The Balaban J connectivity index is 1.38. The molecule has 34 heavy (non-hydrogen) atoms. The maximum absolute atomic E-state index is 13.6. The van der Waals surface area contributed by atoms with Gasteiger partial charge in [-0.2, -0.15) is 0 Å². The zero-order chi connectivity index (χ0) is 23.7. The fourth-order valence-corrected chi connectivity index (χ4v) is 4.84. The van der Waals surface area contributed by atoms with Crippen molar-refractivity contribution in [2.45, 2.75) is 26.7 Å². The van der Waals surface area contributed by atoms with Crippen molar-refractivity contribution in [3.63, 3.8) is 0 Å². The lowest BCUT2D eigenvalue weighted by Crippen LogP contribution is -2.40. The van der Waals surface area contributed by atoms with Crippen LogP contribution in [-0.4, -0.2) is 39.6 Å². The smallest absolute Gasteiger partial charge is 0.254 e. The standard InChI is InChI=1S/C29H27N3O2/c1-19-9-10-23(20(2)16-19)28(33)21-11-14-32(15-12-21)29(34)25-17-27(22-6-5-13-30-18-22)31-26-8-4-3-7-24(25)26/h3-10,13,16-18,21H,11-12,14-15H2,1-2H3. The molecule has 4 aromatic rings. The Morgan fingerprint density at radius 1 is 0.912 bits per heavy atom. The molecule has 1 aliphatic rings. The van der Waals surface area contributed by atoms with Gasteiger partial charge in [-0.1, -0.05) is 42.0 Å². The lowest BCUT2D eigenvalue weighted by atomic mass is 9.86. The molecule has 1 aliphatic heterocycles. The van der Waals surface area contributed by atoms with Crippen LogP contribution in [0.25, 0.3) is 22.2 Å². The highest BCUT2D eigenvalue weighted by molar-refractivity contribution is 6.07. The van der Waals surface area contributed by atoms with E-state index in [9.17, 15) is 9.59 Å². The van der Waals surface area contributed by atoms with Crippen molar-refractivity contribution in [3.8, 4) is 11.3 Å². The molecule has 1 amide bonds. The number of hydrogen-bond donors (Lipinski definition) is 0. The van der Waals surface area contributed by atoms with Crippen molar-refractivity contribution in [1.29, 1.82) is 0 Å². The van der Waals surface area contributed by atoms with Crippen molar-refractivity contribution in [3.05, 3.63) is 95.3 Å². The van der Waals surface area contributed by atoms with Gasteiger partial charge in [-0.15, -0.1) is 0 Å². The molecule has 170 valence electrons. The minimum Gasteiger partial charge on any atom is -0.339 e. The second-order valence-corrected chi connectivity index (χ2v) is 9.06. The molecule has 0 N–H and O–H groups in total. The second-order valence-electron chi connectivity index (χ2n) is 9.06. The molecule has 2 aromatic carbocycles. The highest BCUT2D eigenvalue weighted by Gasteiger charge is 2.30. The molecular weight excluding hydrogens is 422 g/mol. The van der Waals surface area contributed by atoms with Crippen LogP contribution in [0.2, 0.25) is 0 Å². The predicted octanol–water partition coefficient (Wildman–Crippen LogP) is 5.65. The van der Waals surface area contributed by atoms with E-state index in [0.29, 0.717) is 31.5 Å². The minimum atomic E-state index is -0.0504. The van der Waals surface area contributed by atoms with E-state index in [4.69, 9.17) is 4.98 Å². The second kappa shape index (κ2) is 9.18. The average molecular weight is 450 g/mol. The van der Waals surface area contributed by atoms with Crippen LogP contribution in [-0.2, 0) is 0 Å². The van der Waals surface area contributed by atoms with Crippen LogP contribution in [0, 0.1) is 19.8 Å². The van der Waals surface area contributed by atoms with Gasteiger partial charge in [0.05, 0.1) is 16.8 Å². The lowest BCUT2D eigenvalue weighted by molar-refractivity contribution is 0.0651. The minimum absolute atomic E-state index is 0.0128. The number of Topliss-reactive ketones (excluding diaryl/α,β-unsaturated/α-hetero) is 1. The largest absolute Gasteiger partial charge is 0.339 e. The van der Waals surface area contributed by atoms with Crippen LogP contribution in [0.4, 0.5) is 0 Å². The number of likely N-dealkylation sites (tertiary alicyclic amines) is 1. The van der Waals surface area contributed by atoms with E-state index >= 15 is 0 Å². The van der Waals surface area contributed by atoms with Crippen molar-refractivity contribution < 1.29 is 9.59 Å². The fraction of sp³-hybridized carbons (Fsp3) is 0.241. The Labute approximate surface area is 199 Å². The SMILES string of the molecule is Cc1ccc(C(=O)C2CCN(C(=O)c3cc(-c4cccnc4)nc4ccccc34)CC2)c(C)c1. The monoisotopic (exact) mass is 449 g/mol. The van der Waals surface area contributed by atoms with E-state index in [1.54, 1.807) is 12.4 Å². The summed E-state index contributed by atoms with van der Waals surface area (Å²) in [6.45, 7) is 5.17. The van der Waals surface area contributed by atoms with Gasteiger partial charge in [-0.25, -0.2) is 4.98 Å². The number of fused-ring (bicyclic) bond motifs is 1. The van der Waals surface area contributed by atoms with Gasteiger partial charge in [-0.05, 0) is 56.5 Å². The Kier molecular flexibility index (Phi) is 5.93. The number of ketones is 1. The number of aryl methyl sites for hydroxylation is 2. The number of aromatic nitrogens is 2. The van der Waals surface area contributed by atoms with Crippen LogP contribution in [0.1, 0.15) is 44.7 Å². The third-order valence-electron chi connectivity index (χ3n) is 6.70. The number of benzene rings is 2. The molecule has 1 saturated heterocycles. The highest BCUT2D eigenvalue weighted by Crippen LogP contribution is 2.28. The molecule has 0 atom stereocenters. The lowest BCUT2D eigenvalue weighted by Gasteiger charge is -2.32. The van der Waals surface area contributed by atoms with Crippen molar-refractivity contribution in [2.75, 3.05) is 13.1 Å². The number of pyridine rings is 2. The van der Waals surface area contributed by atoms with E-state index in [1.165, 1.54) is 0 Å². The van der Waals surface area contributed by atoms with Crippen molar-refractivity contribution in [1.82, 2.24) is 14.9 Å². The molecule has 0 spiro atoms. The molecule has 5 rings (SSSR count). The highest BCUT2D eigenvalue weighted by atomic mass is 16.2. The summed E-state index contributed by atoms with van der Waals surface area (Å²) in [6, 6.07) is 19.4. The maximum atomic E-state index is 13.6. The normalized spacial score (nSPS) is 14.4. The van der Waals surface area contributed by atoms with Gasteiger partial charge in [0.15, 0.2) is 5.78 Å². The van der Waals surface area contributed by atoms with Gasteiger partial charge in [0.2, 0.25) is 0 Å². The van der Waals surface area contributed by atoms with E-state index in [2.05, 4.69) is 11.1 Å². The van der Waals surface area contributed by atoms with Gasteiger partial charge in [-0.3, -0.25) is 14.6 Å².